The average Bonchev–Trinajstić information content (AvgIpc) is 2.39. The van der Waals surface area contributed by atoms with E-state index in [9.17, 15) is 9.90 Å². The van der Waals surface area contributed by atoms with Gasteiger partial charge in [0.05, 0.1) is 11.9 Å². The van der Waals surface area contributed by atoms with Crippen LogP contribution in [0.5, 0.6) is 0 Å². The molecule has 0 fully saturated rings. The Kier molecular flexibility index (Phi) is 3.75. The molecular formula is C14H15N3O2. The first-order chi connectivity index (χ1) is 9.08. The molecule has 0 aliphatic rings. The summed E-state index contributed by atoms with van der Waals surface area (Å²) in [7, 11) is 0. The number of hydrogen-bond acceptors (Lipinski definition) is 4. The number of aromatic nitrogens is 2. The van der Waals surface area contributed by atoms with Gasteiger partial charge in [-0.05, 0) is 12.1 Å². The highest BCUT2D eigenvalue weighted by molar-refractivity contribution is 5.92. The van der Waals surface area contributed by atoms with Gasteiger partial charge in [0.15, 0.2) is 5.69 Å². The molecule has 1 heterocycles. The van der Waals surface area contributed by atoms with Gasteiger partial charge in [-0.25, -0.2) is 14.8 Å². The lowest BCUT2D eigenvalue weighted by Crippen LogP contribution is -2.10. The topological polar surface area (TPSA) is 75.1 Å². The van der Waals surface area contributed by atoms with Gasteiger partial charge in [-0.3, -0.25) is 0 Å². The standard InChI is InChI=1S/C14H15N3O2/c1-9(2)13-15-8-11(12(17-13)14(18)19)16-10-6-4-3-5-7-10/h3-9,16H,1-2H3,(H,18,19). The number of carbonyl (C=O) groups is 1. The number of nitrogens with one attached hydrogen (secondary N) is 1. The summed E-state index contributed by atoms with van der Waals surface area (Å²) >= 11 is 0. The molecule has 2 N–H and O–H groups in total. The molecule has 0 bridgehead atoms. The molecule has 0 spiro atoms. The van der Waals surface area contributed by atoms with Crippen LogP contribution in [0.1, 0.15) is 36.1 Å². The summed E-state index contributed by atoms with van der Waals surface area (Å²) in [5.74, 6) is -0.456. The van der Waals surface area contributed by atoms with Gasteiger partial charge in [-0.2, -0.15) is 0 Å². The minimum Gasteiger partial charge on any atom is -0.476 e. The maximum Gasteiger partial charge on any atom is 0.356 e. The van der Waals surface area contributed by atoms with Gasteiger partial charge in [0.25, 0.3) is 0 Å². The number of nitrogens with zero attached hydrogens (tertiary/aromatic N) is 2. The Hall–Kier alpha value is -2.43. The predicted molar refractivity (Wildman–Crippen MR) is 72.8 cm³/mol. The molecule has 0 amide bonds. The number of carboxylic acids is 1. The summed E-state index contributed by atoms with van der Waals surface area (Å²) in [4.78, 5) is 19.5. The van der Waals surface area contributed by atoms with Crippen LogP contribution in [-0.2, 0) is 0 Å². The molecular weight excluding hydrogens is 242 g/mol. The van der Waals surface area contributed by atoms with Gasteiger partial charge in [-0.15, -0.1) is 0 Å². The second-order valence-electron chi connectivity index (χ2n) is 4.44. The van der Waals surface area contributed by atoms with E-state index in [0.717, 1.165) is 5.69 Å². The van der Waals surface area contributed by atoms with Crippen molar-refractivity contribution in [1.29, 1.82) is 0 Å². The quantitative estimate of drug-likeness (QED) is 0.880. The van der Waals surface area contributed by atoms with E-state index in [-0.39, 0.29) is 11.6 Å². The van der Waals surface area contributed by atoms with Crippen molar-refractivity contribution in [2.24, 2.45) is 0 Å². The molecule has 1 aromatic carbocycles. The summed E-state index contributed by atoms with van der Waals surface area (Å²) in [5.41, 5.74) is 1.18. The highest BCUT2D eigenvalue weighted by Crippen LogP contribution is 2.20. The van der Waals surface area contributed by atoms with Crippen LogP contribution in [0.25, 0.3) is 0 Å². The number of carboxylic acid groups (broad SMARTS) is 1. The Morgan fingerprint density at radius 2 is 1.95 bits per heavy atom. The van der Waals surface area contributed by atoms with Crippen molar-refractivity contribution in [1.82, 2.24) is 9.97 Å². The maximum atomic E-state index is 11.3. The summed E-state index contributed by atoms with van der Waals surface area (Å²) in [5, 5.41) is 12.2. The van der Waals surface area contributed by atoms with Crippen molar-refractivity contribution in [3.8, 4) is 0 Å². The molecule has 0 unspecified atom stereocenters. The molecule has 2 rings (SSSR count). The van der Waals surface area contributed by atoms with Crippen molar-refractivity contribution in [3.63, 3.8) is 0 Å². The fraction of sp³-hybridized carbons (Fsp3) is 0.214. The Bertz CT molecular complexity index is 582. The summed E-state index contributed by atoms with van der Waals surface area (Å²) in [6.07, 6.45) is 1.51. The van der Waals surface area contributed by atoms with Crippen molar-refractivity contribution >= 4 is 17.3 Å². The zero-order valence-corrected chi connectivity index (χ0v) is 10.8. The summed E-state index contributed by atoms with van der Waals surface area (Å²) in [6.45, 7) is 3.84. The van der Waals surface area contributed by atoms with E-state index in [2.05, 4.69) is 15.3 Å². The van der Waals surface area contributed by atoms with Crippen LogP contribution in [0, 0.1) is 0 Å². The van der Waals surface area contributed by atoms with Crippen LogP contribution < -0.4 is 5.32 Å². The van der Waals surface area contributed by atoms with E-state index < -0.39 is 5.97 Å². The minimum absolute atomic E-state index is 0.0115. The fourth-order valence-electron chi connectivity index (χ4n) is 1.61. The third-order valence-corrected chi connectivity index (χ3v) is 2.58. The van der Waals surface area contributed by atoms with Gasteiger partial charge in [0.2, 0.25) is 0 Å². The lowest BCUT2D eigenvalue weighted by Gasteiger charge is -2.11. The largest absolute Gasteiger partial charge is 0.476 e. The molecule has 2 aromatic rings. The number of anilines is 2. The maximum absolute atomic E-state index is 11.3. The van der Waals surface area contributed by atoms with E-state index in [1.54, 1.807) is 0 Å². The number of hydrogen-bond donors (Lipinski definition) is 2. The molecule has 5 nitrogen and oxygen atoms in total. The predicted octanol–water partition coefficient (Wildman–Crippen LogP) is 3.04. The number of benzene rings is 1. The minimum atomic E-state index is -1.07. The molecule has 5 heteroatoms. The second kappa shape index (κ2) is 5.48. The van der Waals surface area contributed by atoms with Crippen molar-refractivity contribution in [3.05, 3.63) is 48.0 Å². The first kappa shape index (κ1) is 13.0. The van der Waals surface area contributed by atoms with Crippen molar-refractivity contribution < 1.29 is 9.90 Å². The normalized spacial score (nSPS) is 10.5. The lowest BCUT2D eigenvalue weighted by molar-refractivity contribution is 0.0691. The molecule has 0 saturated heterocycles. The fourth-order valence-corrected chi connectivity index (χ4v) is 1.61. The molecule has 0 radical (unpaired) electrons. The number of para-hydroxylation sites is 1. The highest BCUT2D eigenvalue weighted by Gasteiger charge is 2.15. The van der Waals surface area contributed by atoms with Crippen molar-refractivity contribution in [2.45, 2.75) is 19.8 Å². The molecule has 0 saturated carbocycles. The van der Waals surface area contributed by atoms with E-state index in [1.807, 2.05) is 44.2 Å². The Morgan fingerprint density at radius 3 is 2.53 bits per heavy atom. The van der Waals surface area contributed by atoms with Crippen molar-refractivity contribution in [2.75, 3.05) is 5.32 Å². The van der Waals surface area contributed by atoms with Crippen LogP contribution in [0.15, 0.2) is 36.5 Å². The van der Waals surface area contributed by atoms with Gasteiger partial charge in [0.1, 0.15) is 5.82 Å². The van der Waals surface area contributed by atoms with Crippen LogP contribution in [0.3, 0.4) is 0 Å². The molecule has 0 atom stereocenters. The highest BCUT2D eigenvalue weighted by atomic mass is 16.4. The van der Waals surface area contributed by atoms with Crippen LogP contribution in [0.4, 0.5) is 11.4 Å². The van der Waals surface area contributed by atoms with Gasteiger partial charge in [0, 0.05) is 11.6 Å². The molecule has 0 aliphatic carbocycles. The van der Waals surface area contributed by atoms with Crippen LogP contribution in [0.2, 0.25) is 0 Å². The van der Waals surface area contributed by atoms with E-state index >= 15 is 0 Å². The molecule has 0 aliphatic heterocycles. The zero-order chi connectivity index (χ0) is 13.8. The third kappa shape index (κ3) is 3.07. The Balaban J connectivity index is 2.37. The molecule has 98 valence electrons. The van der Waals surface area contributed by atoms with Crippen LogP contribution >= 0.6 is 0 Å². The van der Waals surface area contributed by atoms with Crippen LogP contribution in [-0.4, -0.2) is 21.0 Å². The zero-order valence-electron chi connectivity index (χ0n) is 10.8. The smallest absolute Gasteiger partial charge is 0.356 e. The number of aromatic carboxylic acids is 1. The van der Waals surface area contributed by atoms with E-state index in [1.165, 1.54) is 6.20 Å². The second-order valence-corrected chi connectivity index (χ2v) is 4.44. The third-order valence-electron chi connectivity index (χ3n) is 2.58. The first-order valence-corrected chi connectivity index (χ1v) is 6.00. The van der Waals surface area contributed by atoms with Gasteiger partial charge >= 0.3 is 5.97 Å². The first-order valence-electron chi connectivity index (χ1n) is 6.00. The number of rotatable bonds is 4. The van der Waals surface area contributed by atoms with Gasteiger partial charge < -0.3 is 10.4 Å². The van der Waals surface area contributed by atoms with E-state index in [0.29, 0.717) is 11.5 Å². The average molecular weight is 257 g/mol. The monoisotopic (exact) mass is 257 g/mol. The Labute approximate surface area is 111 Å². The SMILES string of the molecule is CC(C)c1ncc(Nc2ccccc2)c(C(=O)O)n1. The molecule has 1 aromatic heterocycles. The molecule has 19 heavy (non-hydrogen) atoms. The van der Waals surface area contributed by atoms with E-state index in [4.69, 9.17) is 0 Å². The summed E-state index contributed by atoms with van der Waals surface area (Å²) < 4.78 is 0. The van der Waals surface area contributed by atoms with Gasteiger partial charge in [-0.1, -0.05) is 32.0 Å². The Morgan fingerprint density at radius 1 is 1.26 bits per heavy atom. The summed E-state index contributed by atoms with van der Waals surface area (Å²) in [6, 6.07) is 9.32. The lowest BCUT2D eigenvalue weighted by atomic mass is 10.2.